The Morgan fingerprint density at radius 1 is 0.882 bits per heavy atom. The minimum Gasteiger partial charge on any atom is -0.206 e. The molecule has 0 aliphatic heterocycles. The van der Waals surface area contributed by atoms with Gasteiger partial charge in [-0.3, -0.25) is 0 Å². The number of halogens is 4. The average Bonchev–Trinajstić information content (AvgIpc) is 2.30. The summed E-state index contributed by atoms with van der Waals surface area (Å²) in [6.45, 7) is 0. The van der Waals surface area contributed by atoms with Gasteiger partial charge in [-0.15, -0.1) is 11.6 Å². The van der Waals surface area contributed by atoms with Gasteiger partial charge in [0.15, 0.2) is 0 Å². The molecule has 0 nitrogen and oxygen atoms in total. The Kier molecular flexibility index (Phi) is 3.93. The number of rotatable bonds is 2. The van der Waals surface area contributed by atoms with Crippen LogP contribution in [0.4, 0.5) is 4.39 Å². The highest BCUT2D eigenvalue weighted by Crippen LogP contribution is 2.38. The van der Waals surface area contributed by atoms with E-state index < -0.39 is 0 Å². The fourth-order valence-corrected chi connectivity index (χ4v) is 2.51. The summed E-state index contributed by atoms with van der Waals surface area (Å²) in [5, 5.41) is 0.822. The first kappa shape index (κ1) is 12.7. The summed E-state index contributed by atoms with van der Waals surface area (Å²) in [7, 11) is 0. The summed E-state index contributed by atoms with van der Waals surface area (Å²) in [5.41, 5.74) is 1.53. The highest BCUT2D eigenvalue weighted by atomic mass is 35.5. The molecule has 0 fully saturated rings. The smallest absolute Gasteiger partial charge is 0.131 e. The average molecular weight is 290 g/mol. The second kappa shape index (κ2) is 5.26. The molecule has 0 aromatic heterocycles. The van der Waals surface area contributed by atoms with E-state index in [9.17, 15) is 4.39 Å². The van der Waals surface area contributed by atoms with E-state index in [-0.39, 0.29) is 11.7 Å². The van der Waals surface area contributed by atoms with Gasteiger partial charge < -0.3 is 0 Å². The van der Waals surface area contributed by atoms with E-state index in [2.05, 4.69) is 0 Å². The third kappa shape index (κ3) is 2.42. The molecule has 0 saturated carbocycles. The van der Waals surface area contributed by atoms with Gasteiger partial charge in [0.2, 0.25) is 0 Å². The molecule has 2 rings (SSSR count). The van der Waals surface area contributed by atoms with Crippen molar-refractivity contribution in [1.82, 2.24) is 0 Å². The lowest BCUT2D eigenvalue weighted by Crippen LogP contribution is -1.92. The molecule has 0 aliphatic carbocycles. The maximum absolute atomic E-state index is 13.9. The number of benzene rings is 2. The van der Waals surface area contributed by atoms with Gasteiger partial charge in [0.1, 0.15) is 5.82 Å². The van der Waals surface area contributed by atoms with Crippen molar-refractivity contribution in [3.63, 3.8) is 0 Å². The second-order valence-electron chi connectivity index (χ2n) is 3.50. The van der Waals surface area contributed by atoms with Gasteiger partial charge in [0.05, 0.1) is 10.0 Å². The normalized spacial score (nSPS) is 10.6. The minimum atomic E-state index is -0.377. The summed E-state index contributed by atoms with van der Waals surface area (Å²) in [6.07, 6.45) is 0. The fraction of sp³-hybridized carbons (Fsp3) is 0.0769. The zero-order chi connectivity index (χ0) is 12.4. The van der Waals surface area contributed by atoms with E-state index in [1.54, 1.807) is 30.3 Å². The van der Waals surface area contributed by atoms with E-state index in [0.29, 0.717) is 26.7 Å². The van der Waals surface area contributed by atoms with Gasteiger partial charge in [0.25, 0.3) is 0 Å². The third-order valence-electron chi connectivity index (χ3n) is 2.46. The summed E-state index contributed by atoms with van der Waals surface area (Å²) < 4.78 is 13.9. The largest absolute Gasteiger partial charge is 0.206 e. The summed E-state index contributed by atoms with van der Waals surface area (Å²) in [6, 6.07) is 9.80. The lowest BCUT2D eigenvalue weighted by atomic mass is 10.00. The van der Waals surface area contributed by atoms with Crippen LogP contribution in [0.25, 0.3) is 11.1 Å². The van der Waals surface area contributed by atoms with Gasteiger partial charge in [0, 0.05) is 17.0 Å². The van der Waals surface area contributed by atoms with Crippen molar-refractivity contribution in [3.8, 4) is 11.1 Å². The van der Waals surface area contributed by atoms with Crippen LogP contribution < -0.4 is 0 Å². The van der Waals surface area contributed by atoms with Crippen molar-refractivity contribution < 1.29 is 4.39 Å². The number of hydrogen-bond acceptors (Lipinski definition) is 0. The van der Waals surface area contributed by atoms with Crippen LogP contribution >= 0.6 is 34.8 Å². The summed E-state index contributed by atoms with van der Waals surface area (Å²) in [5.74, 6) is -0.174. The second-order valence-corrected chi connectivity index (χ2v) is 4.59. The van der Waals surface area contributed by atoms with Crippen LogP contribution in [0, 0.1) is 5.82 Å². The number of hydrogen-bond donors (Lipinski definition) is 0. The van der Waals surface area contributed by atoms with Crippen molar-refractivity contribution >= 4 is 34.8 Å². The third-order valence-corrected chi connectivity index (χ3v) is 3.37. The molecule has 0 spiro atoms. The molecule has 0 radical (unpaired) electrons. The molecule has 0 unspecified atom stereocenters. The molecule has 88 valence electrons. The first-order valence-electron chi connectivity index (χ1n) is 4.93. The van der Waals surface area contributed by atoms with Crippen LogP contribution in [0.1, 0.15) is 5.56 Å². The van der Waals surface area contributed by atoms with E-state index >= 15 is 0 Å². The van der Waals surface area contributed by atoms with E-state index in [4.69, 9.17) is 34.8 Å². The van der Waals surface area contributed by atoms with Crippen LogP contribution in [0.5, 0.6) is 0 Å². The standard InChI is InChI=1S/C13H8Cl3F/c14-7-8-3-1-6-11(17)12(8)13-9(15)4-2-5-10(13)16/h1-6H,7H2. The summed E-state index contributed by atoms with van der Waals surface area (Å²) >= 11 is 17.9. The molecule has 0 bridgehead atoms. The molecule has 4 heteroatoms. The van der Waals surface area contributed by atoms with Crippen LogP contribution in [0.15, 0.2) is 36.4 Å². The lowest BCUT2D eigenvalue weighted by molar-refractivity contribution is 0.630. The van der Waals surface area contributed by atoms with E-state index in [1.165, 1.54) is 6.07 Å². The first-order chi connectivity index (χ1) is 8.15. The molecular formula is C13H8Cl3F. The quantitative estimate of drug-likeness (QED) is 0.637. The fourth-order valence-electron chi connectivity index (χ4n) is 1.70. The molecule has 0 atom stereocenters. The Morgan fingerprint density at radius 2 is 1.47 bits per heavy atom. The Bertz CT molecular complexity index is 532. The maximum Gasteiger partial charge on any atom is 0.131 e. The van der Waals surface area contributed by atoms with Gasteiger partial charge in [-0.1, -0.05) is 41.4 Å². The Morgan fingerprint density at radius 3 is 2.06 bits per heavy atom. The zero-order valence-corrected chi connectivity index (χ0v) is 11.0. The molecule has 2 aromatic carbocycles. The SMILES string of the molecule is Fc1cccc(CCl)c1-c1c(Cl)cccc1Cl. The zero-order valence-electron chi connectivity index (χ0n) is 8.68. The molecule has 0 saturated heterocycles. The Hall–Kier alpha value is -0.760. The van der Waals surface area contributed by atoms with Crippen LogP contribution in [-0.2, 0) is 5.88 Å². The highest BCUT2D eigenvalue weighted by molar-refractivity contribution is 6.39. The van der Waals surface area contributed by atoms with Gasteiger partial charge in [-0.2, -0.15) is 0 Å². The predicted octanol–water partition coefficient (Wildman–Crippen LogP) is 5.54. The maximum atomic E-state index is 13.9. The Balaban J connectivity index is 2.76. The molecule has 17 heavy (non-hydrogen) atoms. The molecular weight excluding hydrogens is 282 g/mol. The minimum absolute atomic E-state index is 0.203. The van der Waals surface area contributed by atoms with Gasteiger partial charge >= 0.3 is 0 Å². The molecule has 2 aromatic rings. The highest BCUT2D eigenvalue weighted by Gasteiger charge is 2.16. The van der Waals surface area contributed by atoms with E-state index in [0.717, 1.165) is 0 Å². The topological polar surface area (TPSA) is 0 Å². The molecule has 0 amide bonds. The molecule has 0 N–H and O–H groups in total. The first-order valence-corrected chi connectivity index (χ1v) is 6.22. The molecule has 0 heterocycles. The monoisotopic (exact) mass is 288 g/mol. The van der Waals surface area contributed by atoms with Crippen LogP contribution in [0.3, 0.4) is 0 Å². The van der Waals surface area contributed by atoms with Crippen LogP contribution in [-0.4, -0.2) is 0 Å². The Labute approximate surface area is 114 Å². The molecule has 0 aliphatic rings. The van der Waals surface area contributed by atoms with Crippen LogP contribution in [0.2, 0.25) is 10.0 Å². The van der Waals surface area contributed by atoms with Crippen molar-refractivity contribution in [2.45, 2.75) is 5.88 Å². The summed E-state index contributed by atoms with van der Waals surface area (Å²) in [4.78, 5) is 0. The van der Waals surface area contributed by atoms with Crippen molar-refractivity contribution in [2.24, 2.45) is 0 Å². The van der Waals surface area contributed by atoms with Crippen molar-refractivity contribution in [1.29, 1.82) is 0 Å². The number of alkyl halides is 1. The van der Waals surface area contributed by atoms with Gasteiger partial charge in [-0.25, -0.2) is 4.39 Å². The van der Waals surface area contributed by atoms with E-state index in [1.807, 2.05) is 0 Å². The predicted molar refractivity (Wildman–Crippen MR) is 71.4 cm³/mol. The van der Waals surface area contributed by atoms with Crippen molar-refractivity contribution in [2.75, 3.05) is 0 Å². The lowest BCUT2D eigenvalue weighted by Gasteiger charge is -2.12. The van der Waals surface area contributed by atoms with Crippen molar-refractivity contribution in [3.05, 3.63) is 57.8 Å². The van der Waals surface area contributed by atoms with Gasteiger partial charge in [-0.05, 0) is 23.8 Å².